The van der Waals surface area contributed by atoms with Crippen molar-refractivity contribution < 1.29 is 9.53 Å². The number of methoxy groups -OCH3 is 1. The number of amides is 1. The standard InChI is InChI=1S/C18H24N4O2.C2H6/c1-5-13-10-22(19)16-7-17(24-4)15(6-14(13)16)18(23)21-9-11(2)20-8-12(21)3;1-2/h5-7,10-12,20H,1,8-9,19H2,2-4H3;1-2H3/t11-,12?;/m0./s1. The Kier molecular flexibility index (Phi) is 6.32. The first-order valence-corrected chi connectivity index (χ1v) is 9.11. The highest BCUT2D eigenvalue weighted by molar-refractivity contribution is 6.03. The van der Waals surface area contributed by atoms with Gasteiger partial charge in [-0.15, -0.1) is 0 Å². The van der Waals surface area contributed by atoms with Crippen LogP contribution in [0.4, 0.5) is 0 Å². The Morgan fingerprint density at radius 1 is 1.38 bits per heavy atom. The maximum absolute atomic E-state index is 13.1. The lowest BCUT2D eigenvalue weighted by Gasteiger charge is -2.37. The minimum atomic E-state index is -0.0191. The van der Waals surface area contributed by atoms with Crippen molar-refractivity contribution in [1.82, 2.24) is 14.9 Å². The third-order valence-electron chi connectivity index (χ3n) is 4.66. The number of rotatable bonds is 3. The van der Waals surface area contributed by atoms with E-state index in [-0.39, 0.29) is 18.0 Å². The molecule has 3 N–H and O–H groups in total. The van der Waals surface area contributed by atoms with Crippen LogP contribution < -0.4 is 15.9 Å². The monoisotopic (exact) mass is 358 g/mol. The fourth-order valence-electron chi connectivity index (χ4n) is 3.26. The average Bonchev–Trinajstić information content (AvgIpc) is 2.98. The van der Waals surface area contributed by atoms with E-state index in [1.54, 1.807) is 19.4 Å². The predicted octanol–water partition coefficient (Wildman–Crippen LogP) is 2.86. The van der Waals surface area contributed by atoms with Crippen LogP contribution in [0.15, 0.2) is 24.9 Å². The maximum Gasteiger partial charge on any atom is 0.257 e. The number of nitrogen functional groups attached to an aromatic ring is 1. The lowest BCUT2D eigenvalue weighted by atomic mass is 10.0. The summed E-state index contributed by atoms with van der Waals surface area (Å²) in [6.45, 7) is 13.4. The molecule has 2 atom stereocenters. The maximum atomic E-state index is 13.1. The van der Waals surface area contributed by atoms with Gasteiger partial charge in [-0.1, -0.05) is 26.5 Å². The SMILES string of the molecule is C=Cc1cn(N)c2cc(OC)c(C(=O)N3C[C@H](C)NCC3C)cc12.CC. The van der Waals surface area contributed by atoms with Gasteiger partial charge in [-0.05, 0) is 19.9 Å². The van der Waals surface area contributed by atoms with Gasteiger partial charge in [-0.25, -0.2) is 0 Å². The number of piperazine rings is 1. The fourth-order valence-corrected chi connectivity index (χ4v) is 3.26. The van der Waals surface area contributed by atoms with Crippen molar-refractivity contribution in [2.75, 3.05) is 26.0 Å². The Hall–Kier alpha value is -2.47. The van der Waals surface area contributed by atoms with E-state index in [4.69, 9.17) is 10.6 Å². The van der Waals surface area contributed by atoms with Crippen LogP contribution in [-0.4, -0.2) is 47.8 Å². The highest BCUT2D eigenvalue weighted by atomic mass is 16.5. The van der Waals surface area contributed by atoms with E-state index in [0.717, 1.165) is 23.0 Å². The molecule has 1 saturated heterocycles. The lowest BCUT2D eigenvalue weighted by Crippen LogP contribution is -2.56. The van der Waals surface area contributed by atoms with Crippen LogP contribution >= 0.6 is 0 Å². The van der Waals surface area contributed by atoms with Gasteiger partial charge in [-0.3, -0.25) is 9.47 Å². The molecule has 0 bridgehead atoms. The normalized spacial score (nSPS) is 19.7. The number of carbonyl (C=O) groups excluding carboxylic acids is 1. The lowest BCUT2D eigenvalue weighted by molar-refractivity contribution is 0.0613. The number of benzene rings is 1. The van der Waals surface area contributed by atoms with E-state index < -0.39 is 0 Å². The van der Waals surface area contributed by atoms with Crippen molar-refractivity contribution in [3.05, 3.63) is 36.0 Å². The van der Waals surface area contributed by atoms with Crippen LogP contribution in [0.5, 0.6) is 5.75 Å². The highest BCUT2D eigenvalue weighted by Gasteiger charge is 2.29. The molecule has 0 spiro atoms. The van der Waals surface area contributed by atoms with Gasteiger partial charge in [0.1, 0.15) is 5.75 Å². The molecule has 2 heterocycles. The zero-order valence-electron chi connectivity index (χ0n) is 16.4. The number of nitrogens with two attached hydrogens (primary N) is 1. The zero-order chi connectivity index (χ0) is 19.4. The first-order valence-electron chi connectivity index (χ1n) is 9.11. The molecule has 0 saturated carbocycles. The molecule has 1 aliphatic rings. The number of hydrogen-bond donors (Lipinski definition) is 2. The Bertz CT molecular complexity index is 797. The summed E-state index contributed by atoms with van der Waals surface area (Å²) in [5.41, 5.74) is 2.26. The number of aromatic nitrogens is 1. The van der Waals surface area contributed by atoms with E-state index in [1.165, 1.54) is 4.68 Å². The molecule has 6 heteroatoms. The number of hydrogen-bond acceptors (Lipinski definition) is 4. The molecular formula is C20H30N4O2. The minimum Gasteiger partial charge on any atom is -0.496 e. The summed E-state index contributed by atoms with van der Waals surface area (Å²) in [6.07, 6.45) is 3.53. The zero-order valence-corrected chi connectivity index (χ0v) is 16.4. The number of nitrogens with one attached hydrogen (secondary N) is 1. The summed E-state index contributed by atoms with van der Waals surface area (Å²) < 4.78 is 6.99. The number of nitrogens with zero attached hydrogens (tertiary/aromatic N) is 2. The quantitative estimate of drug-likeness (QED) is 0.828. The van der Waals surface area contributed by atoms with E-state index in [0.29, 0.717) is 17.9 Å². The molecule has 0 radical (unpaired) electrons. The minimum absolute atomic E-state index is 0.0191. The Morgan fingerprint density at radius 2 is 2.08 bits per heavy atom. The number of ether oxygens (including phenoxy) is 1. The summed E-state index contributed by atoms with van der Waals surface area (Å²) in [4.78, 5) is 15.0. The third-order valence-corrected chi connectivity index (χ3v) is 4.66. The molecule has 26 heavy (non-hydrogen) atoms. The molecule has 1 aliphatic heterocycles. The molecule has 2 aromatic rings. The van der Waals surface area contributed by atoms with Crippen molar-refractivity contribution in [2.45, 2.75) is 39.8 Å². The van der Waals surface area contributed by atoms with Crippen LogP contribution in [0.25, 0.3) is 17.0 Å². The van der Waals surface area contributed by atoms with Crippen molar-refractivity contribution in [3.8, 4) is 5.75 Å². The molecule has 6 nitrogen and oxygen atoms in total. The van der Waals surface area contributed by atoms with Crippen LogP contribution in [0, 0.1) is 0 Å². The first kappa shape index (κ1) is 19.8. The molecule has 3 rings (SSSR count). The van der Waals surface area contributed by atoms with Gasteiger partial charge < -0.3 is 20.8 Å². The van der Waals surface area contributed by atoms with E-state index in [2.05, 4.69) is 18.8 Å². The van der Waals surface area contributed by atoms with Crippen molar-refractivity contribution in [3.63, 3.8) is 0 Å². The van der Waals surface area contributed by atoms with Crippen molar-refractivity contribution in [1.29, 1.82) is 0 Å². The second-order valence-electron chi connectivity index (χ2n) is 6.38. The van der Waals surface area contributed by atoms with E-state index in [9.17, 15) is 4.79 Å². The van der Waals surface area contributed by atoms with Gasteiger partial charge in [0.05, 0.1) is 18.2 Å². The smallest absolute Gasteiger partial charge is 0.257 e. The van der Waals surface area contributed by atoms with Crippen molar-refractivity contribution >= 4 is 22.9 Å². The van der Waals surface area contributed by atoms with Gasteiger partial charge >= 0.3 is 0 Å². The fraction of sp³-hybridized carbons (Fsp3) is 0.450. The van der Waals surface area contributed by atoms with E-state index in [1.807, 2.05) is 37.8 Å². The molecule has 0 aliphatic carbocycles. The van der Waals surface area contributed by atoms with Gasteiger partial charge in [0, 0.05) is 48.4 Å². The second kappa shape index (κ2) is 8.27. The van der Waals surface area contributed by atoms with Crippen LogP contribution in [0.1, 0.15) is 43.6 Å². The average molecular weight is 358 g/mol. The largest absolute Gasteiger partial charge is 0.496 e. The number of fused-ring (bicyclic) bond motifs is 1. The highest BCUT2D eigenvalue weighted by Crippen LogP contribution is 2.30. The first-order chi connectivity index (χ1) is 12.5. The van der Waals surface area contributed by atoms with Crippen LogP contribution in [-0.2, 0) is 0 Å². The summed E-state index contributed by atoms with van der Waals surface area (Å²) in [7, 11) is 1.57. The Balaban J connectivity index is 0.00000117. The molecule has 1 aromatic heterocycles. The Morgan fingerprint density at radius 3 is 2.69 bits per heavy atom. The molecule has 1 unspecified atom stereocenters. The third kappa shape index (κ3) is 3.55. The summed E-state index contributed by atoms with van der Waals surface area (Å²) in [5.74, 6) is 6.51. The Labute approximate surface area is 155 Å². The summed E-state index contributed by atoms with van der Waals surface area (Å²) in [5, 5.41) is 4.29. The molecular weight excluding hydrogens is 328 g/mol. The van der Waals surface area contributed by atoms with Gasteiger partial charge in [0.15, 0.2) is 0 Å². The van der Waals surface area contributed by atoms with Gasteiger partial charge in [-0.2, -0.15) is 0 Å². The molecule has 142 valence electrons. The van der Waals surface area contributed by atoms with Crippen LogP contribution in [0.2, 0.25) is 0 Å². The number of carbonyl (C=O) groups is 1. The van der Waals surface area contributed by atoms with Crippen molar-refractivity contribution in [2.24, 2.45) is 0 Å². The summed E-state index contributed by atoms with van der Waals surface area (Å²) in [6, 6.07) is 4.07. The summed E-state index contributed by atoms with van der Waals surface area (Å²) >= 11 is 0. The van der Waals surface area contributed by atoms with Crippen LogP contribution in [0.3, 0.4) is 0 Å². The second-order valence-corrected chi connectivity index (χ2v) is 6.38. The molecule has 1 aromatic carbocycles. The topological polar surface area (TPSA) is 72.5 Å². The van der Waals surface area contributed by atoms with Gasteiger partial charge in [0.2, 0.25) is 0 Å². The molecule has 1 fully saturated rings. The van der Waals surface area contributed by atoms with E-state index >= 15 is 0 Å². The van der Waals surface area contributed by atoms with Gasteiger partial charge in [0.25, 0.3) is 5.91 Å². The predicted molar refractivity (Wildman–Crippen MR) is 108 cm³/mol. The molecule has 1 amide bonds.